The standard InChI is InChI=1S/C14H20N2O4/c17-10-11-2-1-3-14(11)15-8-9-20-13-6-4-12(5-7-13)16(18)19/h4-7,11,14-15,17H,1-3,8-10H2. The summed E-state index contributed by atoms with van der Waals surface area (Å²) in [6.07, 6.45) is 3.34. The lowest BCUT2D eigenvalue weighted by Gasteiger charge is -2.19. The topological polar surface area (TPSA) is 84.6 Å². The summed E-state index contributed by atoms with van der Waals surface area (Å²) in [6.45, 7) is 1.45. The molecule has 0 spiro atoms. The van der Waals surface area contributed by atoms with Crippen LogP contribution in [0.15, 0.2) is 24.3 Å². The summed E-state index contributed by atoms with van der Waals surface area (Å²) in [7, 11) is 0. The minimum Gasteiger partial charge on any atom is -0.492 e. The van der Waals surface area contributed by atoms with E-state index in [0.29, 0.717) is 30.9 Å². The first-order valence-corrected chi connectivity index (χ1v) is 6.92. The largest absolute Gasteiger partial charge is 0.492 e. The number of nitrogens with one attached hydrogen (secondary N) is 1. The Morgan fingerprint density at radius 1 is 1.35 bits per heavy atom. The summed E-state index contributed by atoms with van der Waals surface area (Å²) in [5, 5.41) is 23.1. The number of benzene rings is 1. The van der Waals surface area contributed by atoms with Crippen LogP contribution in [-0.2, 0) is 0 Å². The Morgan fingerprint density at radius 2 is 2.10 bits per heavy atom. The van der Waals surface area contributed by atoms with E-state index < -0.39 is 4.92 Å². The van der Waals surface area contributed by atoms with Crippen LogP contribution in [0.5, 0.6) is 5.75 Å². The second-order valence-corrected chi connectivity index (χ2v) is 5.03. The predicted octanol–water partition coefficient (Wildman–Crippen LogP) is 1.72. The summed E-state index contributed by atoms with van der Waals surface area (Å²) in [5.41, 5.74) is 0.0622. The number of ether oxygens (including phenoxy) is 1. The molecule has 0 bridgehead atoms. The SMILES string of the molecule is O=[N+]([O-])c1ccc(OCCNC2CCCC2CO)cc1. The van der Waals surface area contributed by atoms with Crippen LogP contribution in [0.2, 0.25) is 0 Å². The van der Waals surface area contributed by atoms with E-state index in [1.807, 2.05) is 0 Å². The highest BCUT2D eigenvalue weighted by atomic mass is 16.6. The van der Waals surface area contributed by atoms with Crippen LogP contribution in [0.1, 0.15) is 19.3 Å². The first-order valence-electron chi connectivity index (χ1n) is 6.92. The zero-order valence-electron chi connectivity index (χ0n) is 11.3. The fourth-order valence-corrected chi connectivity index (χ4v) is 2.60. The van der Waals surface area contributed by atoms with Crippen molar-refractivity contribution in [3.05, 3.63) is 34.4 Å². The highest BCUT2D eigenvalue weighted by Crippen LogP contribution is 2.24. The Hall–Kier alpha value is -1.66. The van der Waals surface area contributed by atoms with Crippen molar-refractivity contribution in [3.63, 3.8) is 0 Å². The highest BCUT2D eigenvalue weighted by molar-refractivity contribution is 5.35. The van der Waals surface area contributed by atoms with E-state index in [2.05, 4.69) is 5.32 Å². The maximum atomic E-state index is 10.5. The van der Waals surface area contributed by atoms with Crippen molar-refractivity contribution >= 4 is 5.69 Å². The van der Waals surface area contributed by atoms with E-state index in [0.717, 1.165) is 19.3 Å². The van der Waals surface area contributed by atoms with E-state index >= 15 is 0 Å². The molecule has 20 heavy (non-hydrogen) atoms. The number of hydrogen-bond donors (Lipinski definition) is 2. The van der Waals surface area contributed by atoms with Gasteiger partial charge in [-0.25, -0.2) is 0 Å². The van der Waals surface area contributed by atoms with Gasteiger partial charge in [-0.15, -0.1) is 0 Å². The van der Waals surface area contributed by atoms with Crippen molar-refractivity contribution in [1.29, 1.82) is 0 Å². The number of rotatable bonds is 7. The van der Waals surface area contributed by atoms with Crippen LogP contribution in [0.3, 0.4) is 0 Å². The summed E-state index contributed by atoms with van der Waals surface area (Å²) in [4.78, 5) is 10.1. The summed E-state index contributed by atoms with van der Waals surface area (Å²) in [6, 6.07) is 6.44. The van der Waals surface area contributed by atoms with Gasteiger partial charge < -0.3 is 15.2 Å². The molecular formula is C14H20N2O4. The predicted molar refractivity (Wildman–Crippen MR) is 74.8 cm³/mol. The van der Waals surface area contributed by atoms with Gasteiger partial charge in [0.1, 0.15) is 12.4 Å². The lowest BCUT2D eigenvalue weighted by molar-refractivity contribution is -0.384. The first-order chi connectivity index (χ1) is 9.70. The molecular weight excluding hydrogens is 260 g/mol. The zero-order chi connectivity index (χ0) is 14.4. The molecule has 2 N–H and O–H groups in total. The maximum Gasteiger partial charge on any atom is 0.269 e. The average molecular weight is 280 g/mol. The third-order valence-electron chi connectivity index (χ3n) is 3.72. The molecule has 1 aliphatic carbocycles. The molecule has 0 heterocycles. The van der Waals surface area contributed by atoms with Gasteiger partial charge in [-0.2, -0.15) is 0 Å². The number of aliphatic hydroxyl groups is 1. The van der Waals surface area contributed by atoms with Crippen molar-refractivity contribution in [2.75, 3.05) is 19.8 Å². The van der Waals surface area contributed by atoms with E-state index in [4.69, 9.17) is 4.74 Å². The molecule has 0 aromatic heterocycles. The van der Waals surface area contributed by atoms with Gasteiger partial charge in [-0.05, 0) is 30.9 Å². The van der Waals surface area contributed by atoms with Crippen LogP contribution < -0.4 is 10.1 Å². The normalized spacial score (nSPS) is 21.9. The van der Waals surface area contributed by atoms with Crippen LogP contribution in [0.25, 0.3) is 0 Å². The lowest BCUT2D eigenvalue weighted by Crippen LogP contribution is -2.36. The number of nitrogens with zero attached hydrogens (tertiary/aromatic N) is 1. The van der Waals surface area contributed by atoms with E-state index in [1.54, 1.807) is 12.1 Å². The molecule has 0 amide bonds. The van der Waals surface area contributed by atoms with Gasteiger partial charge in [0.2, 0.25) is 0 Å². The molecule has 2 atom stereocenters. The van der Waals surface area contributed by atoms with Gasteiger partial charge >= 0.3 is 0 Å². The number of non-ortho nitro benzene ring substituents is 1. The van der Waals surface area contributed by atoms with E-state index in [9.17, 15) is 15.2 Å². The van der Waals surface area contributed by atoms with Crippen LogP contribution in [0.4, 0.5) is 5.69 Å². The average Bonchev–Trinajstić information content (AvgIpc) is 2.91. The third kappa shape index (κ3) is 3.91. The molecule has 0 aliphatic heterocycles. The molecule has 1 aliphatic rings. The van der Waals surface area contributed by atoms with Crippen molar-refractivity contribution in [3.8, 4) is 5.75 Å². The Morgan fingerprint density at radius 3 is 2.75 bits per heavy atom. The van der Waals surface area contributed by atoms with E-state index in [1.165, 1.54) is 12.1 Å². The number of aliphatic hydroxyl groups excluding tert-OH is 1. The first kappa shape index (κ1) is 14.7. The Bertz CT molecular complexity index is 435. The molecule has 1 aromatic rings. The number of nitro groups is 1. The molecule has 2 rings (SSSR count). The summed E-state index contributed by atoms with van der Waals surface area (Å²) >= 11 is 0. The zero-order valence-corrected chi connectivity index (χ0v) is 11.3. The van der Waals surface area contributed by atoms with Gasteiger partial charge in [0.15, 0.2) is 0 Å². The highest BCUT2D eigenvalue weighted by Gasteiger charge is 2.25. The monoisotopic (exact) mass is 280 g/mol. The molecule has 6 nitrogen and oxygen atoms in total. The van der Waals surface area contributed by atoms with Crippen LogP contribution in [0, 0.1) is 16.0 Å². The van der Waals surface area contributed by atoms with Gasteiger partial charge in [0.05, 0.1) is 4.92 Å². The minimum absolute atomic E-state index is 0.0622. The fourth-order valence-electron chi connectivity index (χ4n) is 2.60. The van der Waals surface area contributed by atoms with Gasteiger partial charge in [0, 0.05) is 31.3 Å². The quantitative estimate of drug-likeness (QED) is 0.451. The van der Waals surface area contributed by atoms with Gasteiger partial charge in [-0.3, -0.25) is 10.1 Å². The van der Waals surface area contributed by atoms with Crippen LogP contribution >= 0.6 is 0 Å². The molecule has 6 heteroatoms. The number of hydrogen-bond acceptors (Lipinski definition) is 5. The Balaban J connectivity index is 1.69. The molecule has 0 saturated heterocycles. The minimum atomic E-state index is -0.430. The molecule has 110 valence electrons. The molecule has 1 saturated carbocycles. The summed E-state index contributed by atoms with van der Waals surface area (Å²) < 4.78 is 5.52. The van der Waals surface area contributed by atoms with Crippen molar-refractivity contribution in [2.24, 2.45) is 5.92 Å². The van der Waals surface area contributed by atoms with Gasteiger partial charge in [-0.1, -0.05) is 6.42 Å². The Labute approximate surface area is 117 Å². The Kier molecular flexibility index (Phi) is 5.31. The van der Waals surface area contributed by atoms with Crippen LogP contribution in [-0.4, -0.2) is 35.8 Å². The smallest absolute Gasteiger partial charge is 0.269 e. The third-order valence-corrected chi connectivity index (χ3v) is 3.72. The second-order valence-electron chi connectivity index (χ2n) is 5.03. The molecule has 1 aromatic carbocycles. The van der Waals surface area contributed by atoms with Crippen molar-refractivity contribution in [2.45, 2.75) is 25.3 Å². The van der Waals surface area contributed by atoms with Crippen molar-refractivity contribution < 1.29 is 14.8 Å². The maximum absolute atomic E-state index is 10.5. The summed E-state index contributed by atoms with van der Waals surface area (Å²) in [5.74, 6) is 0.983. The lowest BCUT2D eigenvalue weighted by atomic mass is 10.1. The van der Waals surface area contributed by atoms with Gasteiger partial charge in [0.25, 0.3) is 5.69 Å². The fraction of sp³-hybridized carbons (Fsp3) is 0.571. The molecule has 0 radical (unpaired) electrons. The second kappa shape index (κ2) is 7.21. The molecule has 1 fully saturated rings. The van der Waals surface area contributed by atoms with E-state index in [-0.39, 0.29) is 12.3 Å². The number of nitro benzene ring substituents is 1. The molecule has 2 unspecified atom stereocenters. The van der Waals surface area contributed by atoms with Crippen molar-refractivity contribution in [1.82, 2.24) is 5.32 Å².